The van der Waals surface area contributed by atoms with Crippen LogP contribution in [0.1, 0.15) is 34.0 Å². The minimum absolute atomic E-state index is 0.0175. The number of allylic oxidation sites excluding steroid dienone is 2. The van der Waals surface area contributed by atoms with Crippen molar-refractivity contribution in [1.82, 2.24) is 9.96 Å². The molecule has 4 atom stereocenters. The molecule has 1 N–H and O–H groups in total. The number of hydrogen-bond acceptors (Lipinski definition) is 6. The molecule has 4 unspecified atom stereocenters. The Balaban J connectivity index is 1.11. The molecule has 4 rings (SSSR count). The molecule has 160 valence electrons. The maximum atomic E-state index is 12.5. The highest BCUT2D eigenvalue weighted by Crippen LogP contribution is 2.52. The molecule has 2 bridgehead atoms. The van der Waals surface area contributed by atoms with Gasteiger partial charge in [0.25, 0.3) is 11.8 Å². The molecule has 0 spiro atoms. The van der Waals surface area contributed by atoms with Crippen molar-refractivity contribution in [3.05, 3.63) is 12.2 Å². The van der Waals surface area contributed by atoms with Gasteiger partial charge in [-0.25, -0.2) is 0 Å². The van der Waals surface area contributed by atoms with Crippen LogP contribution in [-0.4, -0.2) is 72.3 Å². The fourth-order valence-corrected chi connectivity index (χ4v) is 4.96. The maximum absolute atomic E-state index is 12.5. The number of nitrogens with zero attached hydrogens (tertiary/aromatic N) is 2. The smallest absolute Gasteiger partial charge is 0.258 e. The molecule has 3 amide bonds. The first-order valence-electron chi connectivity index (χ1n) is 11.1. The highest BCUT2D eigenvalue weighted by atomic mass is 16.7. The zero-order valence-corrected chi connectivity index (χ0v) is 16.6. The zero-order chi connectivity index (χ0) is 21.3. The molecule has 3 fully saturated rings. The van der Waals surface area contributed by atoms with Gasteiger partial charge in [0.05, 0.1) is 18.4 Å². The van der Waals surface area contributed by atoms with E-state index in [2.05, 4.69) is 0 Å². The number of aliphatic hydroxyl groups is 1. The van der Waals surface area contributed by atoms with Gasteiger partial charge < -0.3 is 14.7 Å². The van der Waals surface area contributed by atoms with Crippen LogP contribution in [0, 0.1) is 29.1 Å². The number of fused-ring (bicyclic) bond motifs is 5. The van der Waals surface area contributed by atoms with E-state index in [-0.39, 0.29) is 73.5 Å². The maximum Gasteiger partial charge on any atom is 0.258 e. The highest BCUT2D eigenvalue weighted by molar-refractivity contribution is 6.05. The van der Waals surface area contributed by atoms with E-state index in [1.807, 2.05) is 12.2 Å². The van der Waals surface area contributed by atoms with Crippen LogP contribution in [0.15, 0.2) is 12.2 Å². The van der Waals surface area contributed by atoms with Gasteiger partial charge in [-0.1, -0.05) is 19.1 Å². The van der Waals surface area contributed by atoms with Crippen molar-refractivity contribution in [3.63, 3.8) is 0 Å². The van der Waals surface area contributed by atoms with E-state index in [1.54, 1.807) is 4.90 Å². The average molecular weight is 408 g/mol. The number of rotatable bonds is 8. The van der Waals surface area contributed by atoms with Crippen LogP contribution in [0.3, 0.4) is 0 Å². The number of carbonyl (C=O) groups excluding carboxylic acids is 3. The lowest BCUT2D eigenvalue weighted by Crippen LogP contribution is -2.44. The van der Waals surface area contributed by atoms with Gasteiger partial charge in [-0.05, 0) is 42.9 Å². The van der Waals surface area contributed by atoms with Crippen LogP contribution in [0.5, 0.6) is 0 Å². The molecular weight excluding hydrogens is 376 g/mol. The Labute approximate surface area is 172 Å². The van der Waals surface area contributed by atoms with Gasteiger partial charge in [-0.2, -0.15) is 5.06 Å². The molecule has 0 aromatic rings. The molecule has 2 saturated heterocycles. The molecule has 1 saturated carbocycles. The normalized spacial score (nSPS) is 32.8. The molecule has 2 aliphatic heterocycles. The number of piperidine rings is 1. The van der Waals surface area contributed by atoms with Gasteiger partial charge in [0.1, 0.15) is 6.61 Å². The molecule has 2 heterocycles. The summed E-state index contributed by atoms with van der Waals surface area (Å²) in [6, 6.07) is 0. The zero-order valence-electron chi connectivity index (χ0n) is 17.6. The lowest BCUT2D eigenvalue weighted by molar-refractivity contribution is -0.191. The lowest BCUT2D eigenvalue weighted by atomic mass is 9.81. The second-order valence-corrected chi connectivity index (χ2v) is 8.75. The summed E-state index contributed by atoms with van der Waals surface area (Å²) in [5, 5.41) is 10.4. The van der Waals surface area contributed by atoms with Crippen molar-refractivity contribution in [1.29, 1.82) is 0 Å². The molecule has 0 aromatic heterocycles. The Morgan fingerprint density at radius 2 is 1.86 bits per heavy atom. The first kappa shape index (κ1) is 19.2. The number of amides is 3. The van der Waals surface area contributed by atoms with E-state index < -0.39 is 0 Å². The Kier molecular flexibility index (Phi) is 5.41. The van der Waals surface area contributed by atoms with E-state index >= 15 is 0 Å². The summed E-state index contributed by atoms with van der Waals surface area (Å²) in [5.41, 5.74) is -0.381. The molecule has 2 aliphatic carbocycles. The predicted molar refractivity (Wildman–Crippen MR) is 102 cm³/mol. The van der Waals surface area contributed by atoms with E-state index in [9.17, 15) is 19.5 Å². The van der Waals surface area contributed by atoms with E-state index in [0.29, 0.717) is 39.0 Å². The van der Waals surface area contributed by atoms with Gasteiger partial charge in [0.15, 0.2) is 0 Å². The highest BCUT2D eigenvalue weighted by Gasteiger charge is 2.60. The third kappa shape index (κ3) is 3.85. The van der Waals surface area contributed by atoms with E-state index in [0.717, 1.165) is 11.5 Å². The quantitative estimate of drug-likeness (QED) is 0.362. The third-order valence-electron chi connectivity index (χ3n) is 6.82. The monoisotopic (exact) mass is 408 g/mol. The number of likely N-dealkylation sites (tertiary alicyclic amines) is 1. The van der Waals surface area contributed by atoms with Crippen LogP contribution in [0.4, 0.5) is 0 Å². The number of carbonyl (C=O) groups is 3. The molecule has 4 aliphatic rings. The van der Waals surface area contributed by atoms with Crippen molar-refractivity contribution < 1.29 is 30.4 Å². The van der Waals surface area contributed by atoms with Gasteiger partial charge in [-0.3, -0.25) is 19.2 Å². The lowest BCUT2D eigenvalue weighted by Gasteiger charge is -2.38. The first-order valence-corrected chi connectivity index (χ1v) is 10.4. The number of hydrogen-bond donors (Lipinski definition) is 1. The molecule has 29 heavy (non-hydrogen) atoms. The fourth-order valence-electron chi connectivity index (χ4n) is 4.96. The van der Waals surface area contributed by atoms with E-state index in [4.69, 9.17) is 10.9 Å². The number of hydroxylamine groups is 2. The predicted octanol–water partition coefficient (Wildman–Crippen LogP) is 0.753. The second-order valence-electron chi connectivity index (χ2n) is 8.75. The van der Waals surface area contributed by atoms with Gasteiger partial charge >= 0.3 is 0 Å². The van der Waals surface area contributed by atoms with Crippen LogP contribution in [-0.2, 0) is 24.0 Å². The number of aliphatic hydroxyl groups excluding tert-OH is 1. The minimum Gasteiger partial charge on any atom is -0.396 e. The van der Waals surface area contributed by atoms with Crippen LogP contribution < -0.4 is 0 Å². The van der Waals surface area contributed by atoms with Crippen LogP contribution in [0.25, 0.3) is 0 Å². The molecule has 0 radical (unpaired) electrons. The molecule has 8 heteroatoms. The summed E-state index contributed by atoms with van der Waals surface area (Å²) in [6.07, 6.45) is 6.71. The average Bonchev–Trinajstić information content (AvgIpc) is 3.45. The summed E-state index contributed by atoms with van der Waals surface area (Å²) in [6.45, 7) is 1.66. The largest absolute Gasteiger partial charge is 0.396 e. The van der Waals surface area contributed by atoms with Gasteiger partial charge in [0.2, 0.25) is 5.91 Å². The molecule has 8 nitrogen and oxygen atoms in total. The first-order chi connectivity index (χ1) is 14.5. The Bertz CT molecular complexity index is 684. The van der Waals surface area contributed by atoms with Crippen LogP contribution >= 0.6 is 0 Å². The SMILES string of the molecule is [3H]CC1(CO)CCN(C(=O)COCCCON2C(=O)C3C4C=CC(C4)C3C2=O)CC1. The topological polar surface area (TPSA) is 96.4 Å². The Morgan fingerprint density at radius 3 is 2.45 bits per heavy atom. The fraction of sp³-hybridized carbons (Fsp3) is 0.762. The van der Waals surface area contributed by atoms with Crippen molar-refractivity contribution >= 4 is 17.7 Å². The standard InChI is InChI=1S/C21H30N2O6/c1-21(13-24)5-7-22(8-6-21)16(25)12-28-9-2-10-29-23-19(26)17-14-3-4-15(11-14)18(17)20(23)27/h3-4,14-15,17-18,24H,2,5-13H2,1H3/i1T. The summed E-state index contributed by atoms with van der Waals surface area (Å²) in [4.78, 5) is 44.4. The second kappa shape index (κ2) is 8.16. The Hall–Kier alpha value is -1.77. The summed E-state index contributed by atoms with van der Waals surface area (Å²) < 4.78 is 13.0. The van der Waals surface area contributed by atoms with Crippen molar-refractivity contribution in [2.75, 3.05) is 39.5 Å². The van der Waals surface area contributed by atoms with Gasteiger partial charge in [-0.15, -0.1) is 0 Å². The number of imide groups is 1. The van der Waals surface area contributed by atoms with Crippen molar-refractivity contribution in [3.8, 4) is 0 Å². The third-order valence-corrected chi connectivity index (χ3v) is 6.82. The summed E-state index contributed by atoms with van der Waals surface area (Å²) in [5.74, 6) is -0.746. The molecule has 0 aromatic carbocycles. The Morgan fingerprint density at radius 1 is 1.21 bits per heavy atom. The summed E-state index contributed by atoms with van der Waals surface area (Å²) >= 11 is 0. The van der Waals surface area contributed by atoms with Crippen molar-refractivity contribution in [2.45, 2.75) is 32.6 Å². The minimum atomic E-state index is -0.381. The summed E-state index contributed by atoms with van der Waals surface area (Å²) in [7, 11) is 0. The van der Waals surface area contributed by atoms with Crippen LogP contribution in [0.2, 0.25) is 0 Å². The van der Waals surface area contributed by atoms with E-state index in [1.165, 1.54) is 0 Å². The van der Waals surface area contributed by atoms with Gasteiger partial charge in [0, 0.05) is 27.7 Å². The molecular formula is C21H30N2O6. The van der Waals surface area contributed by atoms with Crippen molar-refractivity contribution in [2.24, 2.45) is 29.1 Å². The number of ether oxygens (including phenoxy) is 1.